The third-order valence-corrected chi connectivity index (χ3v) is 24.3. The summed E-state index contributed by atoms with van der Waals surface area (Å²) in [5, 5.41) is 10.7. The maximum atomic E-state index is 13.2. The molecule has 0 bridgehead atoms. The van der Waals surface area contributed by atoms with Crippen LogP contribution in [-0.2, 0) is 65.4 Å². The van der Waals surface area contributed by atoms with Crippen molar-refractivity contribution in [2.45, 2.75) is 516 Å². The zero-order chi connectivity index (χ0) is 81.3. The average molecular weight is 1620 g/mol. The minimum absolute atomic E-state index is 0.108. The first-order valence-corrected chi connectivity index (χ1v) is 50.6. The Kier molecular flexibility index (Phi) is 81.7. The molecule has 0 radical (unpaired) electrons. The molecule has 4 unspecified atom stereocenters. The van der Waals surface area contributed by atoms with Crippen LogP contribution in [0.1, 0.15) is 497 Å². The lowest BCUT2D eigenvalue weighted by atomic mass is 9.99. The van der Waals surface area contributed by atoms with Crippen LogP contribution in [0.3, 0.4) is 0 Å². The van der Waals surface area contributed by atoms with Crippen LogP contribution >= 0.6 is 15.6 Å². The van der Waals surface area contributed by atoms with Gasteiger partial charge in [0, 0.05) is 25.7 Å². The van der Waals surface area contributed by atoms with Gasteiger partial charge in [-0.2, -0.15) is 0 Å². The summed E-state index contributed by atoms with van der Waals surface area (Å²) >= 11 is 0. The summed E-state index contributed by atoms with van der Waals surface area (Å²) < 4.78 is 69.1. The van der Waals surface area contributed by atoms with E-state index in [2.05, 4.69) is 41.5 Å². The minimum Gasteiger partial charge on any atom is -0.462 e. The number of esters is 4. The number of hydrogen-bond acceptors (Lipinski definition) is 15. The Hall–Kier alpha value is -1.94. The third-order valence-electron chi connectivity index (χ3n) is 22.4. The fourth-order valence-corrected chi connectivity index (χ4v) is 16.0. The van der Waals surface area contributed by atoms with Crippen molar-refractivity contribution in [3.05, 3.63) is 0 Å². The predicted octanol–water partition coefficient (Wildman–Crippen LogP) is 28.6. The minimum atomic E-state index is -4.97. The fourth-order valence-electron chi connectivity index (χ4n) is 14.4. The van der Waals surface area contributed by atoms with Gasteiger partial charge in [-0.3, -0.25) is 37.3 Å². The molecule has 0 aliphatic heterocycles. The van der Waals surface area contributed by atoms with Crippen molar-refractivity contribution in [3.63, 3.8) is 0 Å². The molecular weight excluding hydrogens is 1440 g/mol. The molecule has 0 spiro atoms. The van der Waals surface area contributed by atoms with E-state index in [0.717, 1.165) is 102 Å². The molecule has 0 aliphatic carbocycles. The van der Waals surface area contributed by atoms with E-state index in [1.807, 2.05) is 0 Å². The highest BCUT2D eigenvalue weighted by molar-refractivity contribution is 7.47. The van der Waals surface area contributed by atoms with Crippen LogP contribution < -0.4 is 0 Å². The van der Waals surface area contributed by atoms with Crippen molar-refractivity contribution >= 4 is 39.5 Å². The van der Waals surface area contributed by atoms with Gasteiger partial charge in [-0.15, -0.1) is 0 Å². The number of carbonyl (C=O) groups is 4. The predicted molar refractivity (Wildman–Crippen MR) is 460 cm³/mol. The summed E-state index contributed by atoms with van der Waals surface area (Å²) in [4.78, 5) is 73.5. The van der Waals surface area contributed by atoms with Gasteiger partial charge in [-0.1, -0.05) is 446 Å². The van der Waals surface area contributed by atoms with Crippen LogP contribution in [0.25, 0.3) is 0 Å². The first-order valence-electron chi connectivity index (χ1n) is 47.6. The Balaban J connectivity index is 5.25. The number of carbonyl (C=O) groups excluding carboxylic acids is 4. The number of hydrogen-bond donors (Lipinski definition) is 3. The highest BCUT2D eigenvalue weighted by Crippen LogP contribution is 2.45. The molecule has 0 aromatic rings. The average Bonchev–Trinajstić information content (AvgIpc) is 0.899. The Morgan fingerprint density at radius 1 is 0.252 bits per heavy atom. The largest absolute Gasteiger partial charge is 0.472 e. The van der Waals surface area contributed by atoms with Crippen molar-refractivity contribution in [1.82, 2.24) is 0 Å². The Morgan fingerprint density at radius 3 is 0.640 bits per heavy atom. The first-order chi connectivity index (χ1) is 53.9. The highest BCUT2D eigenvalue weighted by Gasteiger charge is 2.31. The Morgan fingerprint density at radius 2 is 0.432 bits per heavy atom. The zero-order valence-electron chi connectivity index (χ0n) is 73.3. The molecule has 19 heteroatoms. The number of phosphoric acid groups is 2. The molecule has 0 saturated carbocycles. The maximum absolute atomic E-state index is 13.2. The van der Waals surface area contributed by atoms with E-state index in [0.29, 0.717) is 25.7 Å². The second-order valence-corrected chi connectivity index (χ2v) is 36.4. The Bertz CT molecular complexity index is 2120. The van der Waals surface area contributed by atoms with Crippen molar-refractivity contribution in [3.8, 4) is 0 Å². The van der Waals surface area contributed by atoms with Crippen LogP contribution in [-0.4, -0.2) is 96.7 Å². The summed E-state index contributed by atoms with van der Waals surface area (Å²) in [6.07, 6.45) is 77.8. The lowest BCUT2D eigenvalue weighted by Crippen LogP contribution is -2.30. The van der Waals surface area contributed by atoms with E-state index in [4.69, 9.17) is 37.0 Å². The lowest BCUT2D eigenvalue weighted by Gasteiger charge is -2.21. The quantitative estimate of drug-likeness (QED) is 0.0222. The lowest BCUT2D eigenvalue weighted by molar-refractivity contribution is -0.161. The third kappa shape index (κ3) is 82.9. The van der Waals surface area contributed by atoms with Gasteiger partial charge in [-0.25, -0.2) is 9.13 Å². The van der Waals surface area contributed by atoms with Crippen molar-refractivity contribution in [2.75, 3.05) is 39.6 Å². The maximum Gasteiger partial charge on any atom is 0.472 e. The summed E-state index contributed by atoms with van der Waals surface area (Å²) in [7, 11) is -9.94. The van der Waals surface area contributed by atoms with E-state index >= 15 is 0 Å². The van der Waals surface area contributed by atoms with Crippen LogP contribution in [0, 0.1) is 11.8 Å². The summed E-state index contributed by atoms with van der Waals surface area (Å²) in [6.45, 7) is 9.78. The standard InChI is InChI=1S/C92H180O17P2/c1-7-11-13-15-17-19-21-23-25-27-28-29-34-37-41-45-49-56-62-68-74-89(94)102-80-87(108-91(96)76-71-65-59-51-47-43-39-35-31-30-33-36-40-44-48-54-60-66-72-84(5)9-3)82-106-110(98,99)104-78-86(93)79-105-111(100,101)107-83-88(81-103-90(95)75-69-63-57-53-52-55-61-67-73-85(6)10-4)109-92(97)77-70-64-58-50-46-42-38-32-26-24-22-20-18-16-14-12-8-2/h84-88,93H,7-83H2,1-6H3,(H,98,99)(H,100,101)/t84?,85?,86-,87-,88-/m1/s1. The molecule has 0 fully saturated rings. The molecule has 111 heavy (non-hydrogen) atoms. The highest BCUT2D eigenvalue weighted by atomic mass is 31.2. The normalized spacial score (nSPS) is 14.2. The van der Waals surface area contributed by atoms with Crippen LogP contribution in [0.15, 0.2) is 0 Å². The first kappa shape index (κ1) is 109. The van der Waals surface area contributed by atoms with Crippen molar-refractivity contribution < 1.29 is 80.2 Å². The molecule has 660 valence electrons. The number of ether oxygens (including phenoxy) is 4. The molecule has 0 aromatic heterocycles. The molecule has 0 saturated heterocycles. The van der Waals surface area contributed by atoms with Gasteiger partial charge in [0.25, 0.3) is 0 Å². The second kappa shape index (κ2) is 83.1. The zero-order valence-corrected chi connectivity index (χ0v) is 75.1. The smallest absolute Gasteiger partial charge is 0.462 e. The molecule has 0 aliphatic rings. The monoisotopic (exact) mass is 1620 g/mol. The SMILES string of the molecule is CCCCCCCCCCCCCCCCCCCCCCC(=O)OC[C@H](COP(=O)(O)OC[C@@H](O)COP(=O)(O)OC[C@@H](COC(=O)CCCCCCCCCCC(C)CC)OC(=O)CCCCCCCCCCCCCCCCCCC)OC(=O)CCCCCCCCCCCCCCCCCCCCC(C)CC. The number of aliphatic hydroxyl groups excluding tert-OH is 1. The molecule has 0 aromatic carbocycles. The number of unbranched alkanes of at least 4 members (excludes halogenated alkanes) is 59. The molecule has 0 heterocycles. The molecule has 3 N–H and O–H groups in total. The van der Waals surface area contributed by atoms with Gasteiger partial charge in [0.15, 0.2) is 12.2 Å². The van der Waals surface area contributed by atoms with Crippen molar-refractivity contribution in [1.29, 1.82) is 0 Å². The van der Waals surface area contributed by atoms with E-state index < -0.39 is 97.5 Å². The fraction of sp³-hybridized carbons (Fsp3) is 0.957. The van der Waals surface area contributed by atoms with Crippen LogP contribution in [0.4, 0.5) is 0 Å². The van der Waals surface area contributed by atoms with Crippen LogP contribution in [0.5, 0.6) is 0 Å². The molecule has 0 amide bonds. The number of aliphatic hydroxyl groups is 1. The van der Waals surface area contributed by atoms with Crippen LogP contribution in [0.2, 0.25) is 0 Å². The Labute approximate surface area is 683 Å². The number of rotatable bonds is 91. The van der Waals surface area contributed by atoms with Crippen molar-refractivity contribution in [2.24, 2.45) is 11.8 Å². The molecule has 0 rings (SSSR count). The second-order valence-electron chi connectivity index (χ2n) is 33.5. The van der Waals surface area contributed by atoms with Gasteiger partial charge >= 0.3 is 39.5 Å². The van der Waals surface area contributed by atoms with E-state index in [1.165, 1.54) is 315 Å². The van der Waals surface area contributed by atoms with Gasteiger partial charge in [0.1, 0.15) is 19.3 Å². The van der Waals surface area contributed by atoms with E-state index in [1.54, 1.807) is 0 Å². The summed E-state index contributed by atoms with van der Waals surface area (Å²) in [5.41, 5.74) is 0. The number of phosphoric ester groups is 2. The van der Waals surface area contributed by atoms with E-state index in [-0.39, 0.29) is 25.7 Å². The molecule has 17 nitrogen and oxygen atoms in total. The van der Waals surface area contributed by atoms with Gasteiger partial charge in [-0.05, 0) is 37.5 Å². The van der Waals surface area contributed by atoms with Gasteiger partial charge < -0.3 is 33.8 Å². The topological polar surface area (TPSA) is 237 Å². The summed E-state index contributed by atoms with van der Waals surface area (Å²) in [6, 6.07) is 0. The molecule has 7 atom stereocenters. The summed E-state index contributed by atoms with van der Waals surface area (Å²) in [5.74, 6) is -0.446. The van der Waals surface area contributed by atoms with Gasteiger partial charge in [0.05, 0.1) is 26.4 Å². The molecular formula is C92H180O17P2. The van der Waals surface area contributed by atoms with Gasteiger partial charge in [0.2, 0.25) is 0 Å². The van der Waals surface area contributed by atoms with E-state index in [9.17, 15) is 43.2 Å².